The highest BCUT2D eigenvalue weighted by Gasteiger charge is 2.32. The number of carbonyl (C=O) groups excluding carboxylic acids is 1. The van der Waals surface area contributed by atoms with Crippen molar-refractivity contribution in [2.45, 2.75) is 58.5 Å². The van der Waals surface area contributed by atoms with Crippen LogP contribution in [0.5, 0.6) is 0 Å². The molecular formula is C20H28N4O. The van der Waals surface area contributed by atoms with Crippen LogP contribution in [0.1, 0.15) is 68.2 Å². The molecule has 1 aromatic carbocycles. The first-order chi connectivity index (χ1) is 11.9. The van der Waals surface area contributed by atoms with Crippen LogP contribution in [0.25, 0.3) is 0 Å². The fourth-order valence-electron chi connectivity index (χ4n) is 2.94. The van der Waals surface area contributed by atoms with Gasteiger partial charge in [-0.05, 0) is 63.9 Å². The second kappa shape index (κ2) is 7.00. The largest absolute Gasteiger partial charge is 0.321 e. The molecular weight excluding hydrogens is 312 g/mol. The van der Waals surface area contributed by atoms with Crippen LogP contribution in [-0.2, 0) is 12.1 Å². The van der Waals surface area contributed by atoms with Crippen molar-refractivity contribution in [3.8, 4) is 0 Å². The number of aromatic nitrogens is 2. The number of amides is 1. The minimum Gasteiger partial charge on any atom is -0.321 e. The lowest BCUT2D eigenvalue weighted by Gasteiger charge is -2.22. The van der Waals surface area contributed by atoms with Gasteiger partial charge in [0, 0.05) is 23.8 Å². The second-order valence-electron chi connectivity index (χ2n) is 7.75. The zero-order valence-corrected chi connectivity index (χ0v) is 15.6. The first kappa shape index (κ1) is 17.7. The van der Waals surface area contributed by atoms with Gasteiger partial charge in [-0.1, -0.05) is 19.1 Å². The van der Waals surface area contributed by atoms with Gasteiger partial charge in [-0.25, -0.2) is 0 Å². The smallest absolute Gasteiger partial charge is 0.276 e. The predicted octanol–water partition coefficient (Wildman–Crippen LogP) is 3.88. The first-order valence-corrected chi connectivity index (χ1v) is 9.10. The van der Waals surface area contributed by atoms with Gasteiger partial charge in [0.05, 0.1) is 5.54 Å². The molecule has 1 saturated carbocycles. The van der Waals surface area contributed by atoms with E-state index < -0.39 is 0 Å². The summed E-state index contributed by atoms with van der Waals surface area (Å²) in [6.45, 7) is 10.2. The maximum atomic E-state index is 12.7. The molecule has 134 valence electrons. The molecule has 0 aliphatic heterocycles. The van der Waals surface area contributed by atoms with E-state index in [0.717, 1.165) is 24.3 Å². The van der Waals surface area contributed by atoms with Crippen molar-refractivity contribution >= 4 is 11.6 Å². The fourth-order valence-corrected chi connectivity index (χ4v) is 2.94. The minimum atomic E-state index is -0.148. The van der Waals surface area contributed by atoms with Crippen LogP contribution in [0.3, 0.4) is 0 Å². The van der Waals surface area contributed by atoms with E-state index in [-0.39, 0.29) is 11.4 Å². The lowest BCUT2D eigenvalue weighted by atomic mass is 10.1. The molecule has 0 radical (unpaired) electrons. The van der Waals surface area contributed by atoms with Crippen molar-refractivity contribution in [2.24, 2.45) is 0 Å². The molecule has 5 heteroatoms. The molecule has 0 saturated heterocycles. The number of nitrogens with one attached hydrogen (secondary N) is 2. The van der Waals surface area contributed by atoms with Gasteiger partial charge >= 0.3 is 0 Å². The fraction of sp³-hybridized carbons (Fsp3) is 0.500. The molecule has 0 atom stereocenters. The van der Waals surface area contributed by atoms with E-state index >= 15 is 0 Å². The Morgan fingerprint density at radius 2 is 2.04 bits per heavy atom. The third kappa shape index (κ3) is 4.28. The number of hydrogen-bond donors (Lipinski definition) is 2. The topological polar surface area (TPSA) is 58.9 Å². The highest BCUT2D eigenvalue weighted by molar-refractivity contribution is 6.03. The SMILES string of the molecule is CCNCc1cccc(NC(=O)c2cc(C3CC3)n(C(C)(C)C)n2)c1. The molecule has 1 amide bonds. The Kier molecular flexibility index (Phi) is 4.95. The Morgan fingerprint density at radius 1 is 1.28 bits per heavy atom. The summed E-state index contributed by atoms with van der Waals surface area (Å²) in [6.07, 6.45) is 2.38. The van der Waals surface area contributed by atoms with Gasteiger partial charge in [-0.15, -0.1) is 0 Å². The number of carbonyl (C=O) groups is 1. The summed E-state index contributed by atoms with van der Waals surface area (Å²) in [5.41, 5.74) is 3.51. The van der Waals surface area contributed by atoms with Crippen molar-refractivity contribution in [1.82, 2.24) is 15.1 Å². The quantitative estimate of drug-likeness (QED) is 0.839. The van der Waals surface area contributed by atoms with E-state index in [1.165, 1.54) is 18.5 Å². The van der Waals surface area contributed by atoms with Gasteiger partial charge in [-0.2, -0.15) is 5.10 Å². The third-order valence-corrected chi connectivity index (χ3v) is 4.36. The Bertz CT molecular complexity index is 753. The van der Waals surface area contributed by atoms with Gasteiger partial charge in [0.2, 0.25) is 0 Å². The molecule has 1 aromatic heterocycles. The minimum absolute atomic E-state index is 0.123. The van der Waals surface area contributed by atoms with E-state index in [1.54, 1.807) is 0 Å². The van der Waals surface area contributed by atoms with Gasteiger partial charge in [0.1, 0.15) is 0 Å². The zero-order chi connectivity index (χ0) is 18.0. The normalized spacial score (nSPS) is 14.6. The molecule has 0 bridgehead atoms. The van der Waals surface area contributed by atoms with Crippen LogP contribution in [-0.4, -0.2) is 22.2 Å². The molecule has 3 rings (SSSR count). The number of nitrogens with zero attached hydrogens (tertiary/aromatic N) is 2. The number of hydrogen-bond acceptors (Lipinski definition) is 3. The highest BCUT2D eigenvalue weighted by atomic mass is 16.2. The average Bonchev–Trinajstić information content (AvgIpc) is 3.30. The van der Waals surface area contributed by atoms with Gasteiger partial charge in [-0.3, -0.25) is 9.48 Å². The molecule has 1 aliphatic carbocycles. The highest BCUT2D eigenvalue weighted by Crippen LogP contribution is 2.41. The molecule has 0 unspecified atom stereocenters. The van der Waals surface area contributed by atoms with Crippen LogP contribution in [0, 0.1) is 0 Å². The summed E-state index contributed by atoms with van der Waals surface area (Å²) in [6, 6.07) is 9.89. The Hall–Kier alpha value is -2.14. The summed E-state index contributed by atoms with van der Waals surface area (Å²) < 4.78 is 2.02. The lowest BCUT2D eigenvalue weighted by molar-refractivity contribution is 0.102. The summed E-state index contributed by atoms with van der Waals surface area (Å²) in [5, 5.41) is 10.9. The second-order valence-corrected chi connectivity index (χ2v) is 7.75. The number of benzene rings is 1. The molecule has 2 aromatic rings. The molecule has 1 heterocycles. The summed E-state index contributed by atoms with van der Waals surface area (Å²) >= 11 is 0. The lowest BCUT2D eigenvalue weighted by Crippen LogP contribution is -2.25. The summed E-state index contributed by atoms with van der Waals surface area (Å²) in [7, 11) is 0. The van der Waals surface area contributed by atoms with E-state index in [1.807, 2.05) is 28.9 Å². The van der Waals surface area contributed by atoms with Crippen molar-refractivity contribution in [2.75, 3.05) is 11.9 Å². The standard InChI is InChI=1S/C20H28N4O/c1-5-21-13-14-7-6-8-16(11-14)22-19(25)17-12-18(15-9-10-15)24(23-17)20(2,3)4/h6-8,11-12,15,21H,5,9-10,13H2,1-4H3,(H,22,25). The van der Waals surface area contributed by atoms with Crippen molar-refractivity contribution in [3.05, 3.63) is 47.3 Å². The molecule has 1 fully saturated rings. The molecule has 25 heavy (non-hydrogen) atoms. The third-order valence-electron chi connectivity index (χ3n) is 4.36. The van der Waals surface area contributed by atoms with Gasteiger partial charge < -0.3 is 10.6 Å². The van der Waals surface area contributed by atoms with Crippen molar-refractivity contribution in [1.29, 1.82) is 0 Å². The first-order valence-electron chi connectivity index (χ1n) is 9.10. The van der Waals surface area contributed by atoms with E-state index in [4.69, 9.17) is 0 Å². The van der Waals surface area contributed by atoms with Gasteiger partial charge in [0.25, 0.3) is 5.91 Å². The van der Waals surface area contributed by atoms with Crippen LogP contribution in [0.2, 0.25) is 0 Å². The van der Waals surface area contributed by atoms with Gasteiger partial charge in [0.15, 0.2) is 5.69 Å². The van der Waals surface area contributed by atoms with Crippen LogP contribution < -0.4 is 10.6 Å². The summed E-state index contributed by atoms with van der Waals surface area (Å²) in [5.74, 6) is 0.405. The van der Waals surface area contributed by atoms with Crippen LogP contribution in [0.15, 0.2) is 30.3 Å². The molecule has 5 nitrogen and oxygen atoms in total. The summed E-state index contributed by atoms with van der Waals surface area (Å²) in [4.78, 5) is 12.7. The monoisotopic (exact) mass is 340 g/mol. The van der Waals surface area contributed by atoms with Crippen molar-refractivity contribution < 1.29 is 4.79 Å². The van der Waals surface area contributed by atoms with Crippen LogP contribution >= 0.6 is 0 Å². The van der Waals surface area contributed by atoms with E-state index in [0.29, 0.717) is 11.6 Å². The Morgan fingerprint density at radius 3 is 2.68 bits per heavy atom. The Labute approximate surface area is 149 Å². The van der Waals surface area contributed by atoms with E-state index in [9.17, 15) is 4.79 Å². The molecule has 2 N–H and O–H groups in total. The molecule has 0 spiro atoms. The Balaban J connectivity index is 1.77. The number of anilines is 1. The maximum absolute atomic E-state index is 12.7. The maximum Gasteiger partial charge on any atom is 0.276 e. The predicted molar refractivity (Wildman–Crippen MR) is 101 cm³/mol. The molecule has 1 aliphatic rings. The number of rotatable bonds is 6. The van der Waals surface area contributed by atoms with Crippen molar-refractivity contribution in [3.63, 3.8) is 0 Å². The van der Waals surface area contributed by atoms with E-state index in [2.05, 4.69) is 49.5 Å². The average molecular weight is 340 g/mol. The van der Waals surface area contributed by atoms with Crippen LogP contribution in [0.4, 0.5) is 5.69 Å². The zero-order valence-electron chi connectivity index (χ0n) is 15.6.